The zero-order chi connectivity index (χ0) is 22.3. The molecule has 164 valence electrons. The molecule has 0 aliphatic carbocycles. The Hall–Kier alpha value is -3.25. The first kappa shape index (κ1) is 20.6. The van der Waals surface area contributed by atoms with Crippen LogP contribution in [0.25, 0.3) is 22.3 Å². The quantitative estimate of drug-likeness (QED) is 0.356. The van der Waals surface area contributed by atoms with E-state index in [2.05, 4.69) is 29.2 Å². The second kappa shape index (κ2) is 8.02. The Labute approximate surface area is 184 Å². The number of furan rings is 1. The summed E-state index contributed by atoms with van der Waals surface area (Å²) in [4.78, 5) is 2.38. The van der Waals surface area contributed by atoms with Crippen LogP contribution in [0, 0.1) is 0 Å². The normalized spacial score (nSPS) is 14.5. The second-order valence-corrected chi connectivity index (χ2v) is 8.09. The summed E-state index contributed by atoms with van der Waals surface area (Å²) in [6, 6.07) is 19.4. The lowest BCUT2D eigenvalue weighted by Crippen LogP contribution is -2.30. The number of fused-ring (bicyclic) bond motifs is 2. The molecule has 0 atom stereocenters. The van der Waals surface area contributed by atoms with Crippen molar-refractivity contribution in [3.63, 3.8) is 0 Å². The predicted octanol–water partition coefficient (Wildman–Crippen LogP) is 6.69. The van der Waals surface area contributed by atoms with Crippen LogP contribution in [0.15, 0.2) is 71.1 Å². The average Bonchev–Trinajstić information content (AvgIpc) is 3.25. The molecule has 1 aliphatic heterocycles. The van der Waals surface area contributed by atoms with Crippen molar-refractivity contribution in [2.45, 2.75) is 25.7 Å². The summed E-state index contributed by atoms with van der Waals surface area (Å²) in [7, 11) is 1.56. The lowest BCUT2D eigenvalue weighted by molar-refractivity contribution is -0.137. The van der Waals surface area contributed by atoms with Crippen LogP contribution in [0.5, 0.6) is 5.75 Å². The molecule has 1 aromatic heterocycles. The highest BCUT2D eigenvalue weighted by atomic mass is 19.4. The number of methoxy groups -OCH3 is 1. The van der Waals surface area contributed by atoms with Crippen molar-refractivity contribution < 1.29 is 22.3 Å². The van der Waals surface area contributed by atoms with Crippen LogP contribution in [0.3, 0.4) is 0 Å². The molecule has 3 nitrogen and oxygen atoms in total. The van der Waals surface area contributed by atoms with Gasteiger partial charge in [-0.2, -0.15) is 13.2 Å². The Kier molecular flexibility index (Phi) is 5.18. The molecule has 0 amide bonds. The third kappa shape index (κ3) is 3.86. The molecule has 2 heterocycles. The van der Waals surface area contributed by atoms with Gasteiger partial charge in [0.2, 0.25) is 0 Å². The highest BCUT2D eigenvalue weighted by Crippen LogP contribution is 2.38. The maximum absolute atomic E-state index is 13.2. The minimum absolute atomic E-state index is 0.385. The standard InChI is InChI=1S/C26H22F3NO2/c1-31-23-10-9-20(16-30-12-11-17-5-2-3-6-19(17)15-30)22-14-24(32-25(22)23)18-7-4-8-21(13-18)26(27,28)29/h2-10,13-14H,11-12,15-16H2,1H3. The van der Waals surface area contributed by atoms with Gasteiger partial charge in [0.25, 0.3) is 0 Å². The minimum Gasteiger partial charge on any atom is -0.493 e. The van der Waals surface area contributed by atoms with Crippen LogP contribution in [-0.4, -0.2) is 18.6 Å². The molecule has 0 saturated carbocycles. The van der Waals surface area contributed by atoms with Gasteiger partial charge in [-0.15, -0.1) is 0 Å². The number of rotatable bonds is 4. The van der Waals surface area contributed by atoms with Gasteiger partial charge in [-0.25, -0.2) is 0 Å². The third-order valence-electron chi connectivity index (χ3n) is 6.04. The monoisotopic (exact) mass is 437 g/mol. The van der Waals surface area contributed by atoms with E-state index in [-0.39, 0.29) is 0 Å². The number of nitrogens with zero attached hydrogens (tertiary/aromatic N) is 1. The van der Waals surface area contributed by atoms with E-state index in [0.29, 0.717) is 22.7 Å². The van der Waals surface area contributed by atoms with Crippen LogP contribution >= 0.6 is 0 Å². The number of hydrogen-bond acceptors (Lipinski definition) is 3. The molecule has 0 fully saturated rings. The average molecular weight is 437 g/mol. The molecule has 6 heteroatoms. The molecule has 0 N–H and O–H groups in total. The number of benzene rings is 3. The van der Waals surface area contributed by atoms with Gasteiger partial charge >= 0.3 is 6.18 Å². The summed E-state index contributed by atoms with van der Waals surface area (Å²) >= 11 is 0. The molecule has 3 aromatic carbocycles. The Morgan fingerprint density at radius 1 is 0.969 bits per heavy atom. The van der Waals surface area contributed by atoms with E-state index in [9.17, 15) is 13.2 Å². The number of alkyl halides is 3. The van der Waals surface area contributed by atoms with Crippen LogP contribution in [0.4, 0.5) is 13.2 Å². The summed E-state index contributed by atoms with van der Waals surface area (Å²) in [6.45, 7) is 2.53. The smallest absolute Gasteiger partial charge is 0.416 e. The van der Waals surface area contributed by atoms with Crippen molar-refractivity contribution in [1.82, 2.24) is 4.90 Å². The van der Waals surface area contributed by atoms with E-state index < -0.39 is 11.7 Å². The highest BCUT2D eigenvalue weighted by molar-refractivity contribution is 5.90. The van der Waals surface area contributed by atoms with Crippen LogP contribution in [0.1, 0.15) is 22.3 Å². The minimum atomic E-state index is -4.41. The molecule has 4 aromatic rings. The SMILES string of the molecule is COc1ccc(CN2CCc3ccccc3C2)c2cc(-c3cccc(C(F)(F)F)c3)oc12. The zero-order valence-corrected chi connectivity index (χ0v) is 17.6. The van der Waals surface area contributed by atoms with E-state index in [0.717, 1.165) is 49.1 Å². The van der Waals surface area contributed by atoms with Gasteiger partial charge in [0.1, 0.15) is 5.76 Å². The third-order valence-corrected chi connectivity index (χ3v) is 6.04. The first-order chi connectivity index (χ1) is 15.4. The maximum Gasteiger partial charge on any atom is 0.416 e. The van der Waals surface area contributed by atoms with Crippen molar-refractivity contribution in [2.75, 3.05) is 13.7 Å². The predicted molar refractivity (Wildman–Crippen MR) is 117 cm³/mol. The topological polar surface area (TPSA) is 25.6 Å². The molecule has 1 aliphatic rings. The van der Waals surface area contributed by atoms with E-state index in [1.807, 2.05) is 18.2 Å². The molecule has 0 bridgehead atoms. The Bertz CT molecular complexity index is 1280. The lowest BCUT2D eigenvalue weighted by Gasteiger charge is -2.29. The maximum atomic E-state index is 13.2. The lowest BCUT2D eigenvalue weighted by atomic mass is 9.99. The number of ether oxygens (including phenoxy) is 1. The van der Waals surface area contributed by atoms with Crippen molar-refractivity contribution in [2.24, 2.45) is 0 Å². The van der Waals surface area contributed by atoms with Gasteiger partial charge in [0.05, 0.1) is 12.7 Å². The first-order valence-electron chi connectivity index (χ1n) is 10.5. The summed E-state index contributed by atoms with van der Waals surface area (Å²) in [6.07, 6.45) is -3.41. The van der Waals surface area contributed by atoms with E-state index in [4.69, 9.17) is 9.15 Å². The van der Waals surface area contributed by atoms with Gasteiger partial charge in [0, 0.05) is 30.6 Å². The van der Waals surface area contributed by atoms with Gasteiger partial charge in [0.15, 0.2) is 11.3 Å². The largest absolute Gasteiger partial charge is 0.493 e. The summed E-state index contributed by atoms with van der Waals surface area (Å²) in [5, 5.41) is 0.857. The van der Waals surface area contributed by atoms with Gasteiger partial charge in [-0.05, 0) is 47.4 Å². The van der Waals surface area contributed by atoms with Crippen LogP contribution in [-0.2, 0) is 25.7 Å². The fraction of sp³-hybridized carbons (Fsp3) is 0.231. The zero-order valence-electron chi connectivity index (χ0n) is 17.6. The van der Waals surface area contributed by atoms with Crippen LogP contribution in [0.2, 0.25) is 0 Å². The van der Waals surface area contributed by atoms with Crippen molar-refractivity contribution >= 4 is 11.0 Å². The summed E-state index contributed by atoms with van der Waals surface area (Å²) < 4.78 is 51.0. The van der Waals surface area contributed by atoms with Crippen molar-refractivity contribution in [1.29, 1.82) is 0 Å². The van der Waals surface area contributed by atoms with Gasteiger partial charge in [-0.3, -0.25) is 4.90 Å². The first-order valence-corrected chi connectivity index (χ1v) is 10.5. The molecule has 5 rings (SSSR count). The van der Waals surface area contributed by atoms with Crippen LogP contribution < -0.4 is 4.74 Å². The molecule has 0 unspecified atom stereocenters. The Morgan fingerprint density at radius 3 is 2.56 bits per heavy atom. The number of halogens is 3. The molecular formula is C26H22F3NO2. The number of hydrogen-bond donors (Lipinski definition) is 0. The highest BCUT2D eigenvalue weighted by Gasteiger charge is 2.30. The Morgan fingerprint density at radius 2 is 1.78 bits per heavy atom. The molecule has 32 heavy (non-hydrogen) atoms. The second-order valence-electron chi connectivity index (χ2n) is 8.09. The molecular weight excluding hydrogens is 415 g/mol. The van der Waals surface area contributed by atoms with Gasteiger partial charge in [-0.1, -0.05) is 42.5 Å². The molecule has 0 saturated heterocycles. The van der Waals surface area contributed by atoms with Crippen molar-refractivity contribution in [3.05, 3.63) is 89.0 Å². The summed E-state index contributed by atoms with van der Waals surface area (Å²) in [5.41, 5.74) is 4.02. The molecule has 0 radical (unpaired) electrons. The van der Waals surface area contributed by atoms with E-state index in [1.165, 1.54) is 17.2 Å². The molecule has 0 spiro atoms. The summed E-state index contributed by atoms with van der Waals surface area (Å²) in [5.74, 6) is 0.951. The van der Waals surface area contributed by atoms with E-state index >= 15 is 0 Å². The fourth-order valence-corrected chi connectivity index (χ4v) is 4.37. The Balaban J connectivity index is 1.51. The van der Waals surface area contributed by atoms with Gasteiger partial charge < -0.3 is 9.15 Å². The van der Waals surface area contributed by atoms with Crippen molar-refractivity contribution in [3.8, 4) is 17.1 Å². The van der Waals surface area contributed by atoms with E-state index in [1.54, 1.807) is 13.2 Å². The fourth-order valence-electron chi connectivity index (χ4n) is 4.37.